The standard InChI is InChI=1S/C29H40N2O7/c1-3-4-16-36-25-12-8-10-21(2)38-29(35)28-22(18-24(32)19-26(28)33)17-23(11-9-13-25)30-37-20-27(34)31-14-6-5-7-15-31/h8-9,11-12,18-19,21,25,32-33H,3-7,10,13-17,20H2,1-2H3/b11-9+,12-8+,30-23+/t21-,25?/m1/s1. The molecule has 2 aliphatic rings. The summed E-state index contributed by atoms with van der Waals surface area (Å²) in [6, 6.07) is 2.50. The summed E-state index contributed by atoms with van der Waals surface area (Å²) in [6.45, 7) is 5.77. The van der Waals surface area contributed by atoms with Gasteiger partial charge in [0, 0.05) is 38.6 Å². The highest BCUT2D eigenvalue weighted by Crippen LogP contribution is 2.29. The van der Waals surface area contributed by atoms with E-state index in [9.17, 15) is 19.8 Å². The van der Waals surface area contributed by atoms with E-state index in [1.54, 1.807) is 17.9 Å². The van der Waals surface area contributed by atoms with Crippen molar-refractivity contribution in [2.45, 2.75) is 77.4 Å². The molecule has 1 aromatic carbocycles. The number of amides is 1. The predicted octanol–water partition coefficient (Wildman–Crippen LogP) is 4.66. The molecular weight excluding hydrogens is 488 g/mol. The van der Waals surface area contributed by atoms with Crippen LogP contribution in [0.1, 0.15) is 74.7 Å². The number of cyclic esters (lactones) is 1. The molecule has 3 rings (SSSR count). The Hall–Kier alpha value is -3.33. The first-order valence-electron chi connectivity index (χ1n) is 13.5. The number of aromatic hydroxyl groups is 2. The number of hydrogen-bond acceptors (Lipinski definition) is 8. The van der Waals surface area contributed by atoms with Gasteiger partial charge in [0.15, 0.2) is 6.61 Å². The molecule has 0 aliphatic carbocycles. The van der Waals surface area contributed by atoms with Gasteiger partial charge in [0.05, 0.1) is 11.8 Å². The average molecular weight is 529 g/mol. The fourth-order valence-electron chi connectivity index (χ4n) is 4.40. The summed E-state index contributed by atoms with van der Waals surface area (Å²) in [5.74, 6) is -1.40. The van der Waals surface area contributed by atoms with Crippen LogP contribution in [0.5, 0.6) is 11.5 Å². The van der Waals surface area contributed by atoms with Gasteiger partial charge in [-0.1, -0.05) is 36.7 Å². The molecule has 0 aromatic heterocycles. The number of carbonyl (C=O) groups excluding carboxylic acids is 2. The molecule has 1 aromatic rings. The average Bonchev–Trinajstić information content (AvgIpc) is 2.88. The van der Waals surface area contributed by atoms with Crippen molar-refractivity contribution in [3.05, 3.63) is 47.6 Å². The van der Waals surface area contributed by atoms with Crippen LogP contribution in [0.15, 0.2) is 41.6 Å². The number of phenolic OH excluding ortho intramolecular Hbond substituents is 2. The number of benzene rings is 1. The van der Waals surface area contributed by atoms with E-state index >= 15 is 0 Å². The molecule has 0 saturated carbocycles. The van der Waals surface area contributed by atoms with Gasteiger partial charge in [-0.3, -0.25) is 4.79 Å². The highest BCUT2D eigenvalue weighted by Gasteiger charge is 2.23. The van der Waals surface area contributed by atoms with Gasteiger partial charge < -0.3 is 29.4 Å². The van der Waals surface area contributed by atoms with Crippen molar-refractivity contribution in [3.8, 4) is 11.5 Å². The number of unbranched alkanes of at least 4 members (excludes halogenated alkanes) is 1. The summed E-state index contributed by atoms with van der Waals surface area (Å²) in [5.41, 5.74) is 0.705. The van der Waals surface area contributed by atoms with Crippen LogP contribution >= 0.6 is 0 Å². The van der Waals surface area contributed by atoms with Gasteiger partial charge in [-0.15, -0.1) is 0 Å². The molecule has 9 heteroatoms. The first-order valence-corrected chi connectivity index (χ1v) is 13.5. The van der Waals surface area contributed by atoms with Gasteiger partial charge in [-0.25, -0.2) is 4.79 Å². The number of likely N-dealkylation sites (tertiary alicyclic amines) is 1. The Bertz CT molecular complexity index is 1030. The lowest BCUT2D eigenvalue weighted by Crippen LogP contribution is -2.37. The van der Waals surface area contributed by atoms with Crippen LogP contribution in [-0.4, -0.2) is 71.2 Å². The van der Waals surface area contributed by atoms with E-state index in [2.05, 4.69) is 12.1 Å². The summed E-state index contributed by atoms with van der Waals surface area (Å²) >= 11 is 0. The largest absolute Gasteiger partial charge is 0.508 e. The zero-order valence-electron chi connectivity index (χ0n) is 22.4. The smallest absolute Gasteiger partial charge is 0.342 e. The second-order valence-corrected chi connectivity index (χ2v) is 9.75. The minimum absolute atomic E-state index is 0.0399. The van der Waals surface area contributed by atoms with Gasteiger partial charge in [0.2, 0.25) is 0 Å². The normalized spacial score (nSPS) is 23.7. The van der Waals surface area contributed by atoms with Crippen molar-refractivity contribution in [2.75, 3.05) is 26.3 Å². The summed E-state index contributed by atoms with van der Waals surface area (Å²) in [4.78, 5) is 32.7. The van der Waals surface area contributed by atoms with Gasteiger partial charge in [0.25, 0.3) is 5.91 Å². The van der Waals surface area contributed by atoms with Crippen LogP contribution in [0.2, 0.25) is 0 Å². The molecule has 1 saturated heterocycles. The van der Waals surface area contributed by atoms with Gasteiger partial charge in [-0.2, -0.15) is 0 Å². The zero-order valence-corrected chi connectivity index (χ0v) is 22.4. The predicted molar refractivity (Wildman–Crippen MR) is 144 cm³/mol. The Kier molecular flexibility index (Phi) is 11.7. The van der Waals surface area contributed by atoms with E-state index in [4.69, 9.17) is 14.3 Å². The molecule has 0 bridgehead atoms. The third-order valence-corrected chi connectivity index (χ3v) is 6.47. The van der Waals surface area contributed by atoms with E-state index in [0.717, 1.165) is 51.3 Å². The van der Waals surface area contributed by atoms with E-state index in [0.29, 0.717) is 30.7 Å². The summed E-state index contributed by atoms with van der Waals surface area (Å²) in [6.07, 6.45) is 13.2. The number of phenols is 2. The number of rotatable bonds is 7. The molecule has 2 N–H and O–H groups in total. The quantitative estimate of drug-likeness (QED) is 0.229. The van der Waals surface area contributed by atoms with Crippen molar-refractivity contribution in [1.29, 1.82) is 0 Å². The molecule has 38 heavy (non-hydrogen) atoms. The maximum Gasteiger partial charge on any atom is 0.342 e. The fourth-order valence-corrected chi connectivity index (χ4v) is 4.40. The van der Waals surface area contributed by atoms with Crippen LogP contribution in [0, 0.1) is 0 Å². The molecule has 2 heterocycles. The Balaban J connectivity index is 1.86. The van der Waals surface area contributed by atoms with E-state index in [1.165, 1.54) is 6.07 Å². The van der Waals surface area contributed by atoms with Crippen molar-refractivity contribution in [1.82, 2.24) is 4.90 Å². The second-order valence-electron chi connectivity index (χ2n) is 9.75. The summed E-state index contributed by atoms with van der Waals surface area (Å²) in [5, 5.41) is 24.8. The highest BCUT2D eigenvalue weighted by atomic mass is 16.6. The molecule has 2 atom stereocenters. The Morgan fingerprint density at radius 1 is 1.16 bits per heavy atom. The number of esters is 1. The van der Waals surface area contributed by atoms with Gasteiger partial charge in [-0.05, 0) is 56.7 Å². The minimum Gasteiger partial charge on any atom is -0.508 e. The Labute approximate surface area is 224 Å². The van der Waals surface area contributed by atoms with Crippen molar-refractivity contribution in [3.63, 3.8) is 0 Å². The van der Waals surface area contributed by atoms with Crippen LogP contribution in [0.25, 0.3) is 0 Å². The minimum atomic E-state index is -0.698. The van der Waals surface area contributed by atoms with Crippen LogP contribution < -0.4 is 0 Å². The van der Waals surface area contributed by atoms with Crippen molar-refractivity contribution >= 4 is 17.6 Å². The fraction of sp³-hybridized carbons (Fsp3) is 0.552. The maximum absolute atomic E-state index is 13.0. The third-order valence-electron chi connectivity index (χ3n) is 6.47. The lowest BCUT2D eigenvalue weighted by molar-refractivity contribution is -0.137. The van der Waals surface area contributed by atoms with Gasteiger partial charge >= 0.3 is 5.97 Å². The number of oxime groups is 1. The third kappa shape index (κ3) is 9.20. The molecule has 1 fully saturated rings. The number of piperidine rings is 1. The Morgan fingerprint density at radius 2 is 1.95 bits per heavy atom. The highest BCUT2D eigenvalue weighted by molar-refractivity contribution is 6.00. The number of allylic oxidation sites excluding steroid dienone is 1. The molecule has 2 aliphatic heterocycles. The Morgan fingerprint density at radius 3 is 2.71 bits per heavy atom. The summed E-state index contributed by atoms with van der Waals surface area (Å²) < 4.78 is 11.6. The molecule has 208 valence electrons. The topological polar surface area (TPSA) is 118 Å². The summed E-state index contributed by atoms with van der Waals surface area (Å²) in [7, 11) is 0. The molecule has 9 nitrogen and oxygen atoms in total. The SMILES string of the molecule is CCCCOC1/C=C/C[C@@H](C)OC(=O)c2c(O)cc(O)cc2CC(=N/OCC(=O)N2CCCCC2)/C=C/C1. The number of carbonyl (C=O) groups is 2. The van der Waals surface area contributed by atoms with Crippen molar-refractivity contribution < 1.29 is 34.1 Å². The number of fused-ring (bicyclic) bond motifs is 1. The zero-order chi connectivity index (χ0) is 27.3. The van der Waals surface area contributed by atoms with Gasteiger partial charge in [0.1, 0.15) is 23.2 Å². The lowest BCUT2D eigenvalue weighted by Gasteiger charge is -2.26. The number of nitrogens with zero attached hydrogens (tertiary/aromatic N) is 2. The van der Waals surface area contributed by atoms with Crippen LogP contribution in [0.3, 0.4) is 0 Å². The van der Waals surface area contributed by atoms with Crippen LogP contribution in [-0.2, 0) is 25.5 Å². The molecule has 0 spiro atoms. The van der Waals surface area contributed by atoms with E-state index in [1.807, 2.05) is 18.2 Å². The molecule has 1 unspecified atom stereocenters. The molecule has 0 radical (unpaired) electrons. The second kappa shape index (κ2) is 15.2. The number of hydrogen-bond donors (Lipinski definition) is 2. The molecular formula is C29H40N2O7. The molecule has 1 amide bonds. The van der Waals surface area contributed by atoms with E-state index < -0.39 is 12.1 Å². The van der Waals surface area contributed by atoms with Crippen molar-refractivity contribution in [2.24, 2.45) is 5.16 Å². The first-order chi connectivity index (χ1) is 18.4. The monoisotopic (exact) mass is 528 g/mol. The number of ether oxygens (including phenoxy) is 2. The maximum atomic E-state index is 13.0. The van der Waals surface area contributed by atoms with E-state index in [-0.39, 0.29) is 42.1 Å². The first kappa shape index (κ1) is 29.2. The van der Waals surface area contributed by atoms with Crippen LogP contribution in [0.4, 0.5) is 0 Å². The lowest BCUT2D eigenvalue weighted by atomic mass is 9.99.